The van der Waals surface area contributed by atoms with Crippen LogP contribution in [-0.4, -0.2) is 22.7 Å². The number of thiazole rings is 1. The predicted octanol–water partition coefficient (Wildman–Crippen LogP) is 6.91. The summed E-state index contributed by atoms with van der Waals surface area (Å²) in [6.07, 6.45) is 2.77. The lowest BCUT2D eigenvalue weighted by Crippen LogP contribution is -2.04. The molecule has 0 saturated heterocycles. The van der Waals surface area contributed by atoms with Gasteiger partial charge in [0.15, 0.2) is 0 Å². The topological polar surface area (TPSA) is 59.4 Å². The first-order chi connectivity index (χ1) is 16.6. The summed E-state index contributed by atoms with van der Waals surface area (Å²) in [6, 6.07) is 25.1. The van der Waals surface area contributed by atoms with Gasteiger partial charge in [-0.25, -0.2) is 4.98 Å². The molecular weight excluding hydrogens is 442 g/mol. The summed E-state index contributed by atoms with van der Waals surface area (Å²) in [6.45, 7) is 2.68. The van der Waals surface area contributed by atoms with Gasteiger partial charge >= 0.3 is 5.97 Å². The molecule has 0 unspecified atom stereocenters. The van der Waals surface area contributed by atoms with E-state index in [1.54, 1.807) is 11.3 Å². The molecule has 3 aromatic carbocycles. The maximum atomic E-state index is 11.1. The molecule has 5 rings (SSSR count). The lowest BCUT2D eigenvalue weighted by Gasteiger charge is -2.10. The Morgan fingerprint density at radius 3 is 2.53 bits per heavy atom. The monoisotopic (exact) mass is 469 g/mol. The van der Waals surface area contributed by atoms with E-state index in [2.05, 4.69) is 61.5 Å². The molecule has 0 aliphatic heterocycles. The SMILES string of the molecule is Cc1sc(-c2ccc(-c3ccccc3)cc2)nc1CCOc1ccc2c(c1)CC[C@H]2CC(=O)O. The normalized spacial score (nSPS) is 14.7. The molecule has 4 aromatic rings. The van der Waals surface area contributed by atoms with Gasteiger partial charge in [0.05, 0.1) is 18.7 Å². The Kier molecular flexibility index (Phi) is 6.45. The molecule has 0 fully saturated rings. The van der Waals surface area contributed by atoms with Gasteiger partial charge in [0.2, 0.25) is 0 Å². The highest BCUT2D eigenvalue weighted by Crippen LogP contribution is 2.37. The van der Waals surface area contributed by atoms with Crippen molar-refractivity contribution in [3.63, 3.8) is 0 Å². The van der Waals surface area contributed by atoms with Crippen molar-refractivity contribution in [1.82, 2.24) is 4.98 Å². The van der Waals surface area contributed by atoms with Crippen molar-refractivity contribution in [1.29, 1.82) is 0 Å². The highest BCUT2D eigenvalue weighted by molar-refractivity contribution is 7.15. The minimum Gasteiger partial charge on any atom is -0.493 e. The maximum absolute atomic E-state index is 11.1. The van der Waals surface area contributed by atoms with Crippen molar-refractivity contribution in [3.05, 3.63) is 94.5 Å². The van der Waals surface area contributed by atoms with Gasteiger partial charge in [0.25, 0.3) is 0 Å². The van der Waals surface area contributed by atoms with Gasteiger partial charge < -0.3 is 9.84 Å². The number of fused-ring (bicyclic) bond motifs is 1. The highest BCUT2D eigenvalue weighted by Gasteiger charge is 2.24. The summed E-state index contributed by atoms with van der Waals surface area (Å²) < 4.78 is 6.03. The first-order valence-electron chi connectivity index (χ1n) is 11.7. The molecule has 0 amide bonds. The zero-order valence-electron chi connectivity index (χ0n) is 19.2. The quantitative estimate of drug-likeness (QED) is 0.305. The molecule has 0 radical (unpaired) electrons. The Bertz CT molecular complexity index is 1290. The van der Waals surface area contributed by atoms with Crippen LogP contribution in [0.2, 0.25) is 0 Å². The summed E-state index contributed by atoms with van der Waals surface area (Å²) in [5.41, 5.74) is 7.01. The number of carboxylic acids is 1. The Morgan fingerprint density at radius 2 is 1.76 bits per heavy atom. The number of aromatic nitrogens is 1. The van der Waals surface area contributed by atoms with E-state index in [0.29, 0.717) is 6.61 Å². The number of hydrogen-bond acceptors (Lipinski definition) is 4. The summed E-state index contributed by atoms with van der Waals surface area (Å²) >= 11 is 1.72. The number of benzene rings is 3. The average molecular weight is 470 g/mol. The van der Waals surface area contributed by atoms with Gasteiger partial charge in [0.1, 0.15) is 10.8 Å². The molecule has 0 bridgehead atoms. The minimum absolute atomic E-state index is 0.124. The number of aryl methyl sites for hydroxylation is 2. The second kappa shape index (κ2) is 9.82. The third kappa shape index (κ3) is 4.90. The fourth-order valence-corrected chi connectivity index (χ4v) is 5.64. The van der Waals surface area contributed by atoms with Gasteiger partial charge in [-0.05, 0) is 60.1 Å². The Balaban J connectivity index is 1.21. The smallest absolute Gasteiger partial charge is 0.303 e. The first-order valence-corrected chi connectivity index (χ1v) is 12.5. The van der Waals surface area contributed by atoms with Gasteiger partial charge in [0, 0.05) is 16.9 Å². The van der Waals surface area contributed by atoms with Crippen molar-refractivity contribution in [2.24, 2.45) is 0 Å². The van der Waals surface area contributed by atoms with Gasteiger partial charge in [-0.15, -0.1) is 11.3 Å². The zero-order valence-corrected chi connectivity index (χ0v) is 20.0. The van der Waals surface area contributed by atoms with Crippen LogP contribution in [0.5, 0.6) is 5.75 Å². The van der Waals surface area contributed by atoms with Gasteiger partial charge in [-0.2, -0.15) is 0 Å². The van der Waals surface area contributed by atoms with E-state index >= 15 is 0 Å². The van der Waals surface area contributed by atoms with E-state index in [0.717, 1.165) is 46.8 Å². The second-order valence-corrected chi connectivity index (χ2v) is 9.96. The largest absolute Gasteiger partial charge is 0.493 e. The van der Waals surface area contributed by atoms with Crippen LogP contribution in [0.25, 0.3) is 21.7 Å². The van der Waals surface area contributed by atoms with E-state index < -0.39 is 5.97 Å². The van der Waals surface area contributed by atoms with Crippen molar-refractivity contribution < 1.29 is 14.6 Å². The second-order valence-electron chi connectivity index (χ2n) is 8.76. The number of rotatable bonds is 8. The maximum Gasteiger partial charge on any atom is 0.303 e. The molecule has 34 heavy (non-hydrogen) atoms. The molecular formula is C29H27NO3S. The molecule has 0 spiro atoms. The number of aliphatic carboxylic acids is 1. The highest BCUT2D eigenvalue weighted by atomic mass is 32.1. The molecule has 1 aromatic heterocycles. The van der Waals surface area contributed by atoms with Gasteiger partial charge in [-0.3, -0.25) is 4.79 Å². The molecule has 5 heteroatoms. The number of ether oxygens (including phenoxy) is 1. The third-order valence-electron chi connectivity index (χ3n) is 6.48. The lowest BCUT2D eigenvalue weighted by molar-refractivity contribution is -0.137. The molecule has 0 saturated carbocycles. The standard InChI is InChI=1S/C29H27NO3S/c1-19-27(15-16-33-25-13-14-26-23(17-25)11-12-24(26)18-28(31)32)30-29(34-19)22-9-7-21(8-10-22)20-5-3-2-4-6-20/h2-10,13-14,17,24H,11-12,15-16,18H2,1H3,(H,31,32)/t24-/m0/s1. The lowest BCUT2D eigenvalue weighted by atomic mass is 9.98. The van der Waals surface area contributed by atoms with E-state index in [4.69, 9.17) is 14.8 Å². The number of carboxylic acid groups (broad SMARTS) is 1. The van der Waals surface area contributed by atoms with Crippen LogP contribution < -0.4 is 4.74 Å². The van der Waals surface area contributed by atoms with Crippen molar-refractivity contribution in [3.8, 4) is 27.4 Å². The van der Waals surface area contributed by atoms with Crippen LogP contribution in [-0.2, 0) is 17.6 Å². The summed E-state index contributed by atoms with van der Waals surface area (Å²) in [7, 11) is 0. The van der Waals surface area contributed by atoms with Crippen molar-refractivity contribution in [2.45, 2.75) is 38.5 Å². The van der Waals surface area contributed by atoms with E-state index in [1.807, 2.05) is 18.2 Å². The summed E-state index contributed by atoms with van der Waals surface area (Å²) in [5.74, 6) is 0.238. The molecule has 1 aliphatic rings. The van der Waals surface area contributed by atoms with Crippen molar-refractivity contribution >= 4 is 17.3 Å². The third-order valence-corrected chi connectivity index (χ3v) is 7.54. The summed E-state index contributed by atoms with van der Waals surface area (Å²) in [4.78, 5) is 17.2. The molecule has 1 atom stereocenters. The van der Waals surface area contributed by atoms with Crippen LogP contribution in [0.1, 0.15) is 40.5 Å². The van der Waals surface area contributed by atoms with Crippen LogP contribution in [0, 0.1) is 6.92 Å². The van der Waals surface area contributed by atoms with Crippen LogP contribution in [0.3, 0.4) is 0 Å². The van der Waals surface area contributed by atoms with E-state index in [-0.39, 0.29) is 12.3 Å². The molecule has 1 heterocycles. The average Bonchev–Trinajstić information content (AvgIpc) is 3.42. The summed E-state index contributed by atoms with van der Waals surface area (Å²) in [5, 5.41) is 10.1. The molecule has 172 valence electrons. The van der Waals surface area contributed by atoms with Crippen LogP contribution in [0.4, 0.5) is 0 Å². The minimum atomic E-state index is -0.733. The Labute approximate surface area is 203 Å². The number of nitrogens with zero attached hydrogens (tertiary/aromatic N) is 1. The molecule has 4 nitrogen and oxygen atoms in total. The fraction of sp³-hybridized carbons (Fsp3) is 0.241. The van der Waals surface area contributed by atoms with Crippen LogP contribution in [0.15, 0.2) is 72.8 Å². The predicted molar refractivity (Wildman–Crippen MR) is 137 cm³/mol. The zero-order chi connectivity index (χ0) is 23.5. The van der Waals surface area contributed by atoms with E-state index in [9.17, 15) is 4.79 Å². The first kappa shape index (κ1) is 22.4. The Morgan fingerprint density at radius 1 is 1.03 bits per heavy atom. The van der Waals surface area contributed by atoms with Gasteiger partial charge in [-0.1, -0.05) is 60.7 Å². The molecule has 1 aliphatic carbocycles. The number of hydrogen-bond donors (Lipinski definition) is 1. The number of carbonyl (C=O) groups is 1. The van der Waals surface area contributed by atoms with E-state index in [1.165, 1.54) is 21.6 Å². The van der Waals surface area contributed by atoms with Crippen LogP contribution >= 0.6 is 11.3 Å². The fourth-order valence-electron chi connectivity index (χ4n) is 4.68. The molecule has 1 N–H and O–H groups in total. The van der Waals surface area contributed by atoms with Crippen molar-refractivity contribution in [2.75, 3.05) is 6.61 Å². The Hall–Kier alpha value is -3.44.